The minimum atomic E-state index is 0.130. The molecule has 30 heavy (non-hydrogen) atoms. The molecular formula is C24H30ClN3O2. The van der Waals surface area contributed by atoms with Crippen molar-refractivity contribution in [1.82, 2.24) is 14.8 Å². The van der Waals surface area contributed by atoms with Gasteiger partial charge in [-0.15, -0.1) is 0 Å². The highest BCUT2D eigenvalue weighted by Gasteiger charge is 2.33. The first-order valence-electron chi connectivity index (χ1n) is 10.9. The SMILES string of the molecule is CN(CC1CC(Oc2cccc(CN3CCCC3)c2Cl)C1)C(=O)Cc1cccnc1. The van der Waals surface area contributed by atoms with E-state index < -0.39 is 0 Å². The normalized spacial score (nSPS) is 21.3. The number of amides is 1. The maximum Gasteiger partial charge on any atom is 0.226 e. The number of aromatic nitrogens is 1. The summed E-state index contributed by atoms with van der Waals surface area (Å²) in [7, 11) is 1.88. The fourth-order valence-electron chi connectivity index (χ4n) is 4.35. The molecule has 0 bridgehead atoms. The highest BCUT2D eigenvalue weighted by atomic mass is 35.5. The summed E-state index contributed by atoms with van der Waals surface area (Å²) in [4.78, 5) is 20.8. The van der Waals surface area contributed by atoms with Crippen LogP contribution in [0, 0.1) is 5.92 Å². The van der Waals surface area contributed by atoms with Gasteiger partial charge in [0.15, 0.2) is 0 Å². The van der Waals surface area contributed by atoms with Crippen molar-refractivity contribution in [3.63, 3.8) is 0 Å². The summed E-state index contributed by atoms with van der Waals surface area (Å²) in [6, 6.07) is 9.90. The van der Waals surface area contributed by atoms with E-state index in [1.165, 1.54) is 12.8 Å². The number of ether oxygens (including phenoxy) is 1. The molecule has 1 saturated heterocycles. The third-order valence-corrected chi connectivity index (χ3v) is 6.59. The Labute approximate surface area is 184 Å². The zero-order valence-electron chi connectivity index (χ0n) is 17.6. The lowest BCUT2D eigenvalue weighted by atomic mass is 9.82. The molecule has 1 aliphatic carbocycles. The molecular weight excluding hydrogens is 398 g/mol. The van der Waals surface area contributed by atoms with Crippen molar-refractivity contribution < 1.29 is 9.53 Å². The summed E-state index contributed by atoms with van der Waals surface area (Å²) in [6.45, 7) is 3.96. The first kappa shape index (κ1) is 21.1. The maximum absolute atomic E-state index is 12.4. The van der Waals surface area contributed by atoms with Crippen molar-refractivity contribution in [2.45, 2.75) is 44.8 Å². The number of halogens is 1. The Morgan fingerprint density at radius 3 is 2.77 bits per heavy atom. The molecule has 1 aromatic heterocycles. The van der Waals surface area contributed by atoms with E-state index in [1.807, 2.05) is 36.2 Å². The molecule has 0 spiro atoms. The van der Waals surface area contributed by atoms with Crippen LogP contribution < -0.4 is 4.74 Å². The number of carbonyl (C=O) groups is 1. The second-order valence-corrected chi connectivity index (χ2v) is 8.98. The van der Waals surface area contributed by atoms with Crippen molar-refractivity contribution in [2.24, 2.45) is 5.92 Å². The highest BCUT2D eigenvalue weighted by Crippen LogP contribution is 2.36. The van der Waals surface area contributed by atoms with Crippen LogP contribution in [0.25, 0.3) is 0 Å². The van der Waals surface area contributed by atoms with Crippen LogP contribution in [0.2, 0.25) is 5.02 Å². The number of hydrogen-bond acceptors (Lipinski definition) is 4. The molecule has 0 N–H and O–H groups in total. The number of rotatable bonds is 8. The van der Waals surface area contributed by atoms with E-state index in [0.29, 0.717) is 12.3 Å². The minimum Gasteiger partial charge on any atom is -0.489 e. The molecule has 6 heteroatoms. The summed E-state index contributed by atoms with van der Waals surface area (Å²) < 4.78 is 6.19. The summed E-state index contributed by atoms with van der Waals surface area (Å²) in [5.41, 5.74) is 2.10. The monoisotopic (exact) mass is 427 g/mol. The van der Waals surface area contributed by atoms with Crippen LogP contribution >= 0.6 is 11.6 Å². The zero-order valence-corrected chi connectivity index (χ0v) is 18.4. The van der Waals surface area contributed by atoms with Gasteiger partial charge in [0.05, 0.1) is 17.5 Å². The van der Waals surface area contributed by atoms with Crippen LogP contribution in [-0.2, 0) is 17.8 Å². The molecule has 2 aromatic rings. The number of carbonyl (C=O) groups excluding carboxylic acids is 1. The highest BCUT2D eigenvalue weighted by molar-refractivity contribution is 6.32. The van der Waals surface area contributed by atoms with Crippen LogP contribution in [0.3, 0.4) is 0 Å². The molecule has 2 heterocycles. The Balaban J connectivity index is 1.23. The third kappa shape index (κ3) is 5.32. The maximum atomic E-state index is 12.4. The average Bonchev–Trinajstić information content (AvgIpc) is 3.23. The van der Waals surface area contributed by atoms with Crippen LogP contribution in [-0.4, -0.2) is 53.5 Å². The topological polar surface area (TPSA) is 45.7 Å². The fraction of sp³-hybridized carbons (Fsp3) is 0.500. The van der Waals surface area contributed by atoms with Crippen molar-refractivity contribution >= 4 is 17.5 Å². The summed E-state index contributed by atoms with van der Waals surface area (Å²) in [5, 5.41) is 0.747. The first-order valence-corrected chi connectivity index (χ1v) is 11.3. The summed E-state index contributed by atoms with van der Waals surface area (Å²) in [6.07, 6.45) is 8.51. The lowest BCUT2D eigenvalue weighted by Gasteiger charge is -2.37. The Morgan fingerprint density at radius 2 is 2.03 bits per heavy atom. The Hall–Kier alpha value is -2.11. The van der Waals surface area contributed by atoms with Crippen molar-refractivity contribution in [2.75, 3.05) is 26.7 Å². The third-order valence-electron chi connectivity index (χ3n) is 6.16. The van der Waals surface area contributed by atoms with Gasteiger partial charge in [0.25, 0.3) is 0 Å². The van der Waals surface area contributed by atoms with Gasteiger partial charge in [-0.05, 0) is 68.0 Å². The number of benzene rings is 1. The molecule has 0 unspecified atom stereocenters. The van der Waals surface area contributed by atoms with Crippen LogP contribution in [0.15, 0.2) is 42.7 Å². The molecule has 4 rings (SSSR count). The second kappa shape index (κ2) is 9.80. The quantitative estimate of drug-likeness (QED) is 0.633. The van der Waals surface area contributed by atoms with Crippen molar-refractivity contribution in [3.05, 3.63) is 58.9 Å². The molecule has 2 fully saturated rings. The van der Waals surface area contributed by atoms with Gasteiger partial charge in [0.2, 0.25) is 5.91 Å². The van der Waals surface area contributed by atoms with Gasteiger partial charge in [0, 0.05) is 32.5 Å². The van der Waals surface area contributed by atoms with Gasteiger partial charge in [-0.1, -0.05) is 29.8 Å². The number of pyridine rings is 1. The predicted molar refractivity (Wildman–Crippen MR) is 119 cm³/mol. The summed E-state index contributed by atoms with van der Waals surface area (Å²) in [5.74, 6) is 1.40. The molecule has 1 amide bonds. The molecule has 160 valence electrons. The number of hydrogen-bond donors (Lipinski definition) is 0. The molecule has 1 saturated carbocycles. The van der Waals surface area contributed by atoms with E-state index in [1.54, 1.807) is 12.4 Å². The molecule has 2 aliphatic rings. The second-order valence-electron chi connectivity index (χ2n) is 8.60. The van der Waals surface area contributed by atoms with Crippen molar-refractivity contribution in [3.8, 4) is 5.75 Å². The van der Waals surface area contributed by atoms with E-state index in [-0.39, 0.29) is 12.0 Å². The Morgan fingerprint density at radius 1 is 1.23 bits per heavy atom. The zero-order chi connectivity index (χ0) is 20.9. The van der Waals surface area contributed by atoms with Crippen LogP contribution in [0.1, 0.15) is 36.8 Å². The Bertz CT molecular complexity index is 849. The lowest BCUT2D eigenvalue weighted by molar-refractivity contribution is -0.130. The van der Waals surface area contributed by atoms with Crippen molar-refractivity contribution in [1.29, 1.82) is 0 Å². The van der Waals surface area contributed by atoms with Gasteiger partial charge in [-0.3, -0.25) is 14.7 Å². The lowest BCUT2D eigenvalue weighted by Crippen LogP contribution is -2.42. The van der Waals surface area contributed by atoms with Gasteiger partial charge in [-0.25, -0.2) is 0 Å². The largest absolute Gasteiger partial charge is 0.489 e. The Kier molecular flexibility index (Phi) is 6.90. The predicted octanol–water partition coefficient (Wildman–Crippen LogP) is 4.19. The smallest absolute Gasteiger partial charge is 0.226 e. The van der Waals surface area contributed by atoms with Gasteiger partial charge in [0.1, 0.15) is 5.75 Å². The number of nitrogens with zero attached hydrogens (tertiary/aromatic N) is 3. The molecule has 1 aliphatic heterocycles. The van der Waals surface area contributed by atoms with Gasteiger partial charge >= 0.3 is 0 Å². The number of likely N-dealkylation sites (tertiary alicyclic amines) is 1. The van der Waals surface area contributed by atoms with Crippen LogP contribution in [0.4, 0.5) is 0 Å². The van der Waals surface area contributed by atoms with Crippen LogP contribution in [0.5, 0.6) is 5.75 Å². The number of likely N-dealkylation sites (N-methyl/N-ethyl adjacent to an activating group) is 1. The van der Waals surface area contributed by atoms with Gasteiger partial charge in [-0.2, -0.15) is 0 Å². The molecule has 0 radical (unpaired) electrons. The molecule has 1 aromatic carbocycles. The minimum absolute atomic E-state index is 0.130. The standard InChI is InChI=1S/C24H30ClN3O2/c1-27(23(29)14-18-6-5-9-26-15-18)16-19-12-21(13-19)30-22-8-4-7-20(24(22)25)17-28-10-2-3-11-28/h4-9,15,19,21H,2-3,10-14,16-17H2,1H3. The molecule has 5 nitrogen and oxygen atoms in total. The van der Waals surface area contributed by atoms with E-state index in [4.69, 9.17) is 16.3 Å². The van der Waals surface area contributed by atoms with E-state index >= 15 is 0 Å². The fourth-order valence-corrected chi connectivity index (χ4v) is 4.58. The average molecular weight is 428 g/mol. The first-order chi connectivity index (χ1) is 14.6. The van der Waals surface area contributed by atoms with E-state index in [9.17, 15) is 4.79 Å². The van der Waals surface area contributed by atoms with E-state index in [2.05, 4.69) is 16.0 Å². The summed E-state index contributed by atoms with van der Waals surface area (Å²) >= 11 is 6.64. The van der Waals surface area contributed by atoms with E-state index in [0.717, 1.165) is 60.9 Å². The van der Waals surface area contributed by atoms with Gasteiger partial charge < -0.3 is 9.64 Å². The molecule has 0 atom stereocenters.